The average molecular weight is 230 g/mol. The Morgan fingerprint density at radius 1 is 1.75 bits per heavy atom. The first kappa shape index (κ1) is 9.28. The standard InChI is InChI=1S/C7H8BrN3O/c1-4-7(8)10-3-5(11-4)6(12)2-9/h3H,2,9H2,1H3. The molecule has 2 N–H and O–H groups in total. The highest BCUT2D eigenvalue weighted by Gasteiger charge is 2.06. The van der Waals surface area contributed by atoms with Gasteiger partial charge < -0.3 is 5.73 Å². The van der Waals surface area contributed by atoms with Crippen LogP contribution in [0.3, 0.4) is 0 Å². The molecule has 0 spiro atoms. The van der Waals surface area contributed by atoms with Crippen molar-refractivity contribution in [2.75, 3.05) is 6.54 Å². The third-order valence-corrected chi connectivity index (χ3v) is 2.14. The lowest BCUT2D eigenvalue weighted by molar-refractivity contribution is 0.0996. The number of rotatable bonds is 2. The van der Waals surface area contributed by atoms with Gasteiger partial charge in [0.2, 0.25) is 0 Å². The Balaban J connectivity index is 3.05. The highest BCUT2D eigenvalue weighted by Crippen LogP contribution is 2.09. The molecule has 0 saturated carbocycles. The summed E-state index contributed by atoms with van der Waals surface area (Å²) in [5, 5.41) is 0. The van der Waals surface area contributed by atoms with E-state index in [1.165, 1.54) is 6.20 Å². The molecule has 0 amide bonds. The fraction of sp³-hybridized carbons (Fsp3) is 0.286. The third-order valence-electron chi connectivity index (χ3n) is 1.36. The molecule has 4 nitrogen and oxygen atoms in total. The first-order chi connectivity index (χ1) is 5.65. The third kappa shape index (κ3) is 1.86. The molecule has 0 atom stereocenters. The van der Waals surface area contributed by atoms with Gasteiger partial charge in [-0.3, -0.25) is 4.79 Å². The number of aryl methyl sites for hydroxylation is 1. The molecule has 1 aromatic rings. The summed E-state index contributed by atoms with van der Waals surface area (Å²) < 4.78 is 0.649. The highest BCUT2D eigenvalue weighted by atomic mass is 79.9. The Bertz CT molecular complexity index is 314. The van der Waals surface area contributed by atoms with Crippen LogP contribution < -0.4 is 5.73 Å². The summed E-state index contributed by atoms with van der Waals surface area (Å²) >= 11 is 3.18. The van der Waals surface area contributed by atoms with Gasteiger partial charge in [0.15, 0.2) is 5.78 Å². The first-order valence-electron chi connectivity index (χ1n) is 3.37. The molecule has 0 aliphatic heterocycles. The molecule has 0 unspecified atom stereocenters. The molecule has 1 rings (SSSR count). The Morgan fingerprint density at radius 2 is 2.42 bits per heavy atom. The lowest BCUT2D eigenvalue weighted by Gasteiger charge is -1.99. The minimum atomic E-state index is -0.196. The largest absolute Gasteiger partial charge is 0.324 e. The average Bonchev–Trinajstić information content (AvgIpc) is 2.08. The Kier molecular flexibility index (Phi) is 2.88. The SMILES string of the molecule is Cc1nc(C(=O)CN)cnc1Br. The van der Waals surface area contributed by atoms with E-state index in [1.54, 1.807) is 6.92 Å². The number of hydrogen-bond donors (Lipinski definition) is 1. The number of nitrogens with zero attached hydrogens (tertiary/aromatic N) is 2. The van der Waals surface area contributed by atoms with Crippen molar-refractivity contribution in [3.05, 3.63) is 22.2 Å². The highest BCUT2D eigenvalue weighted by molar-refractivity contribution is 9.10. The topological polar surface area (TPSA) is 68.9 Å². The molecule has 64 valence electrons. The Hall–Kier alpha value is -0.810. The summed E-state index contributed by atoms with van der Waals surface area (Å²) in [4.78, 5) is 19.0. The van der Waals surface area contributed by atoms with E-state index in [0.717, 1.165) is 0 Å². The number of nitrogens with two attached hydrogens (primary N) is 1. The maximum Gasteiger partial charge on any atom is 0.196 e. The monoisotopic (exact) mass is 229 g/mol. The molecule has 0 saturated heterocycles. The van der Waals surface area contributed by atoms with Gasteiger partial charge in [-0.1, -0.05) is 0 Å². The first-order valence-corrected chi connectivity index (χ1v) is 4.17. The van der Waals surface area contributed by atoms with Crippen molar-refractivity contribution >= 4 is 21.7 Å². The minimum Gasteiger partial charge on any atom is -0.324 e. The summed E-state index contributed by atoms with van der Waals surface area (Å²) in [5.74, 6) is -0.196. The van der Waals surface area contributed by atoms with E-state index in [2.05, 4.69) is 25.9 Å². The van der Waals surface area contributed by atoms with Crippen LogP contribution in [0.25, 0.3) is 0 Å². The van der Waals surface area contributed by atoms with Gasteiger partial charge >= 0.3 is 0 Å². The molecule has 0 bridgehead atoms. The lowest BCUT2D eigenvalue weighted by Crippen LogP contribution is -2.15. The second-order valence-corrected chi connectivity index (χ2v) is 3.01. The number of carbonyl (C=O) groups excluding carboxylic acids is 1. The minimum absolute atomic E-state index is 0.0320. The van der Waals surface area contributed by atoms with Crippen molar-refractivity contribution in [1.29, 1.82) is 0 Å². The Labute approximate surface area is 78.3 Å². The molecular formula is C7H8BrN3O. The van der Waals surface area contributed by atoms with E-state index in [0.29, 0.717) is 16.0 Å². The van der Waals surface area contributed by atoms with Crippen LogP contribution in [-0.2, 0) is 0 Å². The fourth-order valence-corrected chi connectivity index (χ4v) is 0.897. The van der Waals surface area contributed by atoms with Crippen molar-refractivity contribution in [1.82, 2.24) is 9.97 Å². The van der Waals surface area contributed by atoms with E-state index in [4.69, 9.17) is 5.73 Å². The van der Waals surface area contributed by atoms with Gasteiger partial charge in [-0.05, 0) is 22.9 Å². The van der Waals surface area contributed by atoms with Crippen LogP contribution >= 0.6 is 15.9 Å². The number of ketones is 1. The zero-order valence-corrected chi connectivity index (χ0v) is 8.13. The van der Waals surface area contributed by atoms with Crippen molar-refractivity contribution in [3.63, 3.8) is 0 Å². The molecule has 12 heavy (non-hydrogen) atoms. The van der Waals surface area contributed by atoms with Gasteiger partial charge in [0.25, 0.3) is 0 Å². The number of aromatic nitrogens is 2. The summed E-state index contributed by atoms with van der Waals surface area (Å²) in [7, 11) is 0. The van der Waals surface area contributed by atoms with E-state index in [9.17, 15) is 4.79 Å². The van der Waals surface area contributed by atoms with E-state index in [1.807, 2.05) is 0 Å². The van der Waals surface area contributed by atoms with E-state index < -0.39 is 0 Å². The summed E-state index contributed by atoms with van der Waals surface area (Å²) in [6.45, 7) is 1.74. The van der Waals surface area contributed by atoms with Crippen LogP contribution in [0.15, 0.2) is 10.8 Å². The van der Waals surface area contributed by atoms with Crippen molar-refractivity contribution < 1.29 is 4.79 Å². The number of Topliss-reactive ketones (excluding diaryl/α,β-unsaturated/α-hetero) is 1. The van der Waals surface area contributed by atoms with Crippen molar-refractivity contribution in [2.24, 2.45) is 5.73 Å². The maximum absolute atomic E-state index is 11.0. The van der Waals surface area contributed by atoms with E-state index in [-0.39, 0.29) is 12.3 Å². The number of halogens is 1. The fourth-order valence-electron chi connectivity index (χ4n) is 0.706. The van der Waals surface area contributed by atoms with Gasteiger partial charge in [0.05, 0.1) is 18.4 Å². The van der Waals surface area contributed by atoms with Crippen LogP contribution in [0, 0.1) is 6.92 Å². The van der Waals surface area contributed by atoms with Crippen LogP contribution in [0.4, 0.5) is 0 Å². The van der Waals surface area contributed by atoms with Gasteiger partial charge in [-0.25, -0.2) is 9.97 Å². The molecule has 0 fully saturated rings. The van der Waals surface area contributed by atoms with Crippen LogP contribution in [-0.4, -0.2) is 22.3 Å². The second kappa shape index (κ2) is 3.73. The summed E-state index contributed by atoms with van der Waals surface area (Å²) in [6.07, 6.45) is 1.41. The van der Waals surface area contributed by atoms with Gasteiger partial charge in [-0.2, -0.15) is 0 Å². The normalized spacial score (nSPS) is 9.92. The van der Waals surface area contributed by atoms with Crippen LogP contribution in [0.5, 0.6) is 0 Å². The number of carbonyl (C=O) groups is 1. The Morgan fingerprint density at radius 3 is 2.92 bits per heavy atom. The zero-order chi connectivity index (χ0) is 9.14. The zero-order valence-electron chi connectivity index (χ0n) is 6.54. The second-order valence-electron chi connectivity index (χ2n) is 2.26. The van der Waals surface area contributed by atoms with Crippen molar-refractivity contribution in [2.45, 2.75) is 6.92 Å². The van der Waals surface area contributed by atoms with Gasteiger partial charge in [0, 0.05) is 0 Å². The summed E-state index contributed by atoms with van der Waals surface area (Å²) in [6, 6.07) is 0. The lowest BCUT2D eigenvalue weighted by atomic mass is 10.3. The molecule has 1 aromatic heterocycles. The van der Waals surface area contributed by atoms with E-state index >= 15 is 0 Å². The van der Waals surface area contributed by atoms with Gasteiger partial charge in [0.1, 0.15) is 10.3 Å². The molecule has 0 aromatic carbocycles. The molecule has 0 radical (unpaired) electrons. The maximum atomic E-state index is 11.0. The predicted molar refractivity (Wildman–Crippen MR) is 47.9 cm³/mol. The number of hydrogen-bond acceptors (Lipinski definition) is 4. The molecule has 0 aliphatic carbocycles. The molecule has 5 heteroatoms. The predicted octanol–water partition coefficient (Wildman–Crippen LogP) is 0.689. The smallest absolute Gasteiger partial charge is 0.196 e. The summed E-state index contributed by atoms with van der Waals surface area (Å²) in [5.41, 5.74) is 6.17. The van der Waals surface area contributed by atoms with Crippen LogP contribution in [0.2, 0.25) is 0 Å². The van der Waals surface area contributed by atoms with Gasteiger partial charge in [-0.15, -0.1) is 0 Å². The van der Waals surface area contributed by atoms with Crippen molar-refractivity contribution in [3.8, 4) is 0 Å². The molecular weight excluding hydrogens is 222 g/mol. The molecule has 1 heterocycles. The molecule has 0 aliphatic rings. The quantitative estimate of drug-likeness (QED) is 0.759. The van der Waals surface area contributed by atoms with Crippen LogP contribution in [0.1, 0.15) is 16.2 Å².